The highest BCUT2D eigenvalue weighted by Gasteiger charge is 2.22. The van der Waals surface area contributed by atoms with Gasteiger partial charge < -0.3 is 4.90 Å². The summed E-state index contributed by atoms with van der Waals surface area (Å²) in [7, 11) is 0. The van der Waals surface area contributed by atoms with Gasteiger partial charge in [0.05, 0.1) is 5.56 Å². The standard InChI is InChI=1S/C16H16N2OS/c19-16(18-11-4-5-12-18)14-9-6-10-17-15(14)20-13-7-2-1-3-8-13/h1-3,6-10H,4-5,11-12H2. The van der Waals surface area contributed by atoms with Crippen LogP contribution in [-0.2, 0) is 0 Å². The molecule has 2 aromatic rings. The first kappa shape index (κ1) is 13.2. The summed E-state index contributed by atoms with van der Waals surface area (Å²) in [5, 5.41) is 0.788. The molecule has 1 aromatic carbocycles. The molecule has 2 heterocycles. The van der Waals surface area contributed by atoms with E-state index in [2.05, 4.69) is 4.98 Å². The topological polar surface area (TPSA) is 33.2 Å². The van der Waals surface area contributed by atoms with E-state index in [0.29, 0.717) is 5.56 Å². The normalized spacial score (nSPS) is 14.5. The lowest BCUT2D eigenvalue weighted by Crippen LogP contribution is -2.28. The lowest BCUT2D eigenvalue weighted by atomic mass is 10.2. The zero-order chi connectivity index (χ0) is 13.8. The number of carbonyl (C=O) groups excluding carboxylic acids is 1. The van der Waals surface area contributed by atoms with Gasteiger partial charge in [-0.2, -0.15) is 0 Å². The zero-order valence-corrected chi connectivity index (χ0v) is 12.0. The van der Waals surface area contributed by atoms with E-state index in [9.17, 15) is 4.79 Å². The van der Waals surface area contributed by atoms with E-state index in [4.69, 9.17) is 0 Å². The lowest BCUT2D eigenvalue weighted by Gasteiger charge is -2.16. The molecular formula is C16H16N2OS. The number of carbonyl (C=O) groups is 1. The molecule has 0 saturated carbocycles. The molecule has 20 heavy (non-hydrogen) atoms. The third kappa shape index (κ3) is 2.85. The smallest absolute Gasteiger partial charge is 0.256 e. The number of benzene rings is 1. The summed E-state index contributed by atoms with van der Waals surface area (Å²) in [6.45, 7) is 1.73. The highest BCUT2D eigenvalue weighted by atomic mass is 32.2. The summed E-state index contributed by atoms with van der Waals surface area (Å²) in [5.74, 6) is 0.106. The number of amides is 1. The Morgan fingerprint density at radius 2 is 1.80 bits per heavy atom. The summed E-state index contributed by atoms with van der Waals surface area (Å²) < 4.78 is 0. The first-order chi connectivity index (χ1) is 9.84. The molecular weight excluding hydrogens is 268 g/mol. The van der Waals surface area contributed by atoms with Crippen LogP contribution in [0.1, 0.15) is 23.2 Å². The minimum atomic E-state index is 0.106. The molecule has 102 valence electrons. The van der Waals surface area contributed by atoms with Crippen molar-refractivity contribution in [2.45, 2.75) is 22.8 Å². The number of nitrogens with zero attached hydrogens (tertiary/aromatic N) is 2. The number of pyridine rings is 1. The van der Waals surface area contributed by atoms with E-state index in [0.717, 1.165) is 35.9 Å². The van der Waals surface area contributed by atoms with Crippen LogP contribution >= 0.6 is 11.8 Å². The van der Waals surface area contributed by atoms with Crippen molar-refractivity contribution in [2.75, 3.05) is 13.1 Å². The van der Waals surface area contributed by atoms with Gasteiger partial charge in [-0.25, -0.2) is 4.98 Å². The van der Waals surface area contributed by atoms with Crippen molar-refractivity contribution in [3.8, 4) is 0 Å². The molecule has 4 heteroatoms. The summed E-state index contributed by atoms with van der Waals surface area (Å²) in [5.41, 5.74) is 0.711. The van der Waals surface area contributed by atoms with Crippen molar-refractivity contribution in [2.24, 2.45) is 0 Å². The third-order valence-electron chi connectivity index (χ3n) is 3.35. The lowest BCUT2D eigenvalue weighted by molar-refractivity contribution is 0.0788. The molecule has 1 fully saturated rings. The van der Waals surface area contributed by atoms with Gasteiger partial charge in [-0.3, -0.25) is 4.79 Å². The third-order valence-corrected chi connectivity index (χ3v) is 4.38. The molecule has 0 bridgehead atoms. The van der Waals surface area contributed by atoms with Gasteiger partial charge in [0.15, 0.2) is 0 Å². The Bertz CT molecular complexity index is 594. The number of aromatic nitrogens is 1. The number of rotatable bonds is 3. The van der Waals surface area contributed by atoms with Crippen LogP contribution in [0, 0.1) is 0 Å². The predicted octanol–water partition coefficient (Wildman–Crippen LogP) is 3.47. The summed E-state index contributed by atoms with van der Waals surface area (Å²) in [4.78, 5) is 19.9. The van der Waals surface area contributed by atoms with Gasteiger partial charge in [-0.1, -0.05) is 30.0 Å². The van der Waals surface area contributed by atoms with E-state index in [1.54, 1.807) is 18.0 Å². The largest absolute Gasteiger partial charge is 0.339 e. The Kier molecular flexibility index (Phi) is 4.02. The molecule has 1 aliphatic rings. The molecule has 0 atom stereocenters. The average molecular weight is 284 g/mol. The van der Waals surface area contributed by atoms with Crippen LogP contribution in [0.15, 0.2) is 58.6 Å². The highest BCUT2D eigenvalue weighted by Crippen LogP contribution is 2.29. The fourth-order valence-corrected chi connectivity index (χ4v) is 3.22. The van der Waals surface area contributed by atoms with Gasteiger partial charge in [-0.15, -0.1) is 0 Å². The fourth-order valence-electron chi connectivity index (χ4n) is 2.33. The molecule has 0 unspecified atom stereocenters. The van der Waals surface area contributed by atoms with Crippen LogP contribution in [0.5, 0.6) is 0 Å². The molecule has 1 amide bonds. The minimum Gasteiger partial charge on any atom is -0.339 e. The first-order valence-corrected chi connectivity index (χ1v) is 7.63. The van der Waals surface area contributed by atoms with Crippen molar-refractivity contribution in [3.63, 3.8) is 0 Å². The molecule has 3 nitrogen and oxygen atoms in total. The first-order valence-electron chi connectivity index (χ1n) is 6.82. The van der Waals surface area contributed by atoms with Gasteiger partial charge in [0.25, 0.3) is 5.91 Å². The second-order valence-electron chi connectivity index (χ2n) is 4.77. The summed E-state index contributed by atoms with van der Waals surface area (Å²) >= 11 is 1.54. The molecule has 0 spiro atoms. The van der Waals surface area contributed by atoms with Gasteiger partial charge in [0.2, 0.25) is 0 Å². The van der Waals surface area contributed by atoms with E-state index >= 15 is 0 Å². The molecule has 0 radical (unpaired) electrons. The van der Waals surface area contributed by atoms with E-state index in [1.807, 2.05) is 47.4 Å². The number of hydrogen-bond donors (Lipinski definition) is 0. The zero-order valence-electron chi connectivity index (χ0n) is 11.2. The van der Waals surface area contributed by atoms with Crippen molar-refractivity contribution in [1.82, 2.24) is 9.88 Å². The minimum absolute atomic E-state index is 0.106. The average Bonchev–Trinajstić information content (AvgIpc) is 3.02. The van der Waals surface area contributed by atoms with E-state index in [-0.39, 0.29) is 5.91 Å². The van der Waals surface area contributed by atoms with E-state index in [1.165, 1.54) is 0 Å². The number of likely N-dealkylation sites (tertiary alicyclic amines) is 1. The Labute approximate surface area is 123 Å². The van der Waals surface area contributed by atoms with Crippen LogP contribution in [-0.4, -0.2) is 28.9 Å². The Morgan fingerprint density at radius 1 is 1.05 bits per heavy atom. The number of hydrogen-bond acceptors (Lipinski definition) is 3. The maximum atomic E-state index is 12.5. The van der Waals surface area contributed by atoms with Crippen LogP contribution < -0.4 is 0 Å². The summed E-state index contributed by atoms with van der Waals surface area (Å²) in [6.07, 6.45) is 3.95. The van der Waals surface area contributed by atoms with Crippen molar-refractivity contribution in [1.29, 1.82) is 0 Å². The highest BCUT2D eigenvalue weighted by molar-refractivity contribution is 7.99. The fraction of sp³-hybridized carbons (Fsp3) is 0.250. The molecule has 0 N–H and O–H groups in total. The van der Waals surface area contributed by atoms with Gasteiger partial charge in [-0.05, 0) is 37.1 Å². The van der Waals surface area contributed by atoms with Crippen molar-refractivity contribution >= 4 is 17.7 Å². The van der Waals surface area contributed by atoms with Crippen molar-refractivity contribution < 1.29 is 4.79 Å². The Hall–Kier alpha value is -1.81. The van der Waals surface area contributed by atoms with E-state index < -0.39 is 0 Å². The van der Waals surface area contributed by atoms with Gasteiger partial charge in [0, 0.05) is 24.2 Å². The monoisotopic (exact) mass is 284 g/mol. The molecule has 1 aromatic heterocycles. The molecule has 3 rings (SSSR count). The summed E-state index contributed by atoms with van der Waals surface area (Å²) in [6, 6.07) is 13.7. The second kappa shape index (κ2) is 6.09. The van der Waals surface area contributed by atoms with Gasteiger partial charge >= 0.3 is 0 Å². The SMILES string of the molecule is O=C(c1cccnc1Sc1ccccc1)N1CCCC1. The maximum absolute atomic E-state index is 12.5. The van der Waals surface area contributed by atoms with Gasteiger partial charge in [0.1, 0.15) is 5.03 Å². The van der Waals surface area contributed by atoms with Crippen LogP contribution in [0.3, 0.4) is 0 Å². The van der Waals surface area contributed by atoms with Crippen molar-refractivity contribution in [3.05, 3.63) is 54.2 Å². The van der Waals surface area contributed by atoms with Crippen LogP contribution in [0.4, 0.5) is 0 Å². The Balaban J connectivity index is 1.86. The van der Waals surface area contributed by atoms with Crippen LogP contribution in [0.2, 0.25) is 0 Å². The molecule has 1 saturated heterocycles. The second-order valence-corrected chi connectivity index (χ2v) is 5.83. The van der Waals surface area contributed by atoms with Crippen LogP contribution in [0.25, 0.3) is 0 Å². The maximum Gasteiger partial charge on any atom is 0.256 e. The predicted molar refractivity (Wildman–Crippen MR) is 79.9 cm³/mol. The molecule has 0 aliphatic carbocycles. The quantitative estimate of drug-likeness (QED) is 0.865. The Morgan fingerprint density at radius 3 is 2.55 bits per heavy atom. The molecule has 1 aliphatic heterocycles.